The Balaban J connectivity index is 1.70. The maximum Gasteiger partial charge on any atom is 0.0371 e. The fourth-order valence-electron chi connectivity index (χ4n) is 1.83. The predicted molar refractivity (Wildman–Crippen MR) is 77.1 cm³/mol. The van der Waals surface area contributed by atoms with E-state index in [1.165, 1.54) is 5.69 Å². The Hall–Kier alpha value is -2.03. The molecule has 0 atom stereocenters. The summed E-state index contributed by atoms with van der Waals surface area (Å²) in [6.45, 7) is 2.02. The maximum atomic E-state index is 3.99. The zero-order valence-electron chi connectivity index (χ0n) is 10.7. The summed E-state index contributed by atoms with van der Waals surface area (Å²) >= 11 is 0. The number of benzene rings is 1. The molecule has 0 saturated carbocycles. The van der Waals surface area contributed by atoms with E-state index in [-0.39, 0.29) is 0 Å². The van der Waals surface area contributed by atoms with Crippen molar-refractivity contribution in [2.24, 2.45) is 0 Å². The fourth-order valence-corrected chi connectivity index (χ4v) is 1.83. The molecule has 0 unspecified atom stereocenters. The largest absolute Gasteiger partial charge is 0.385 e. The quantitative estimate of drug-likeness (QED) is 0.788. The topological polar surface area (TPSA) is 28.2 Å². The third-order valence-electron chi connectivity index (χ3n) is 2.88. The van der Waals surface area contributed by atoms with Gasteiger partial charge in [0.15, 0.2) is 0 Å². The summed E-state index contributed by atoms with van der Waals surface area (Å²) in [6.07, 6.45) is 4.71. The summed E-state index contributed by atoms with van der Waals surface area (Å²) in [4.78, 5) is 6.27. The van der Waals surface area contributed by atoms with E-state index >= 15 is 0 Å². The van der Waals surface area contributed by atoms with Gasteiger partial charge in [-0.25, -0.2) is 0 Å². The van der Waals surface area contributed by atoms with E-state index < -0.39 is 0 Å². The summed E-state index contributed by atoms with van der Waals surface area (Å²) in [5.74, 6) is 0. The first-order chi connectivity index (χ1) is 8.86. The maximum absolute atomic E-state index is 3.99. The van der Waals surface area contributed by atoms with E-state index in [9.17, 15) is 0 Å². The molecule has 94 valence electrons. The van der Waals surface area contributed by atoms with E-state index in [1.54, 1.807) is 12.4 Å². The monoisotopic (exact) mass is 241 g/mol. The highest BCUT2D eigenvalue weighted by Gasteiger charge is 1.98. The standard InChI is InChI=1S/C15H19N3/c1-18(15-6-3-2-4-7-15)13-5-10-17-14-8-11-16-12-9-14/h2-4,6-9,11-12H,5,10,13H2,1H3,(H,16,17). The predicted octanol–water partition coefficient (Wildman–Crippen LogP) is 3.02. The molecule has 18 heavy (non-hydrogen) atoms. The smallest absolute Gasteiger partial charge is 0.0371 e. The van der Waals surface area contributed by atoms with Crippen LogP contribution in [0.2, 0.25) is 0 Å². The minimum atomic E-state index is 0.973. The van der Waals surface area contributed by atoms with Gasteiger partial charge < -0.3 is 10.2 Å². The first-order valence-corrected chi connectivity index (χ1v) is 6.26. The highest BCUT2D eigenvalue weighted by atomic mass is 15.1. The molecule has 0 amide bonds. The normalized spacial score (nSPS) is 10.1. The van der Waals surface area contributed by atoms with Crippen molar-refractivity contribution in [3.63, 3.8) is 0 Å². The summed E-state index contributed by atoms with van der Waals surface area (Å²) in [6, 6.07) is 14.4. The van der Waals surface area contributed by atoms with Crippen molar-refractivity contribution in [1.29, 1.82) is 0 Å². The summed E-state index contributed by atoms with van der Waals surface area (Å²) in [5.41, 5.74) is 2.40. The number of hydrogen-bond acceptors (Lipinski definition) is 3. The van der Waals surface area contributed by atoms with Gasteiger partial charge in [0.25, 0.3) is 0 Å². The number of hydrogen-bond donors (Lipinski definition) is 1. The molecule has 0 saturated heterocycles. The number of pyridine rings is 1. The van der Waals surface area contributed by atoms with Crippen LogP contribution in [0.25, 0.3) is 0 Å². The average molecular weight is 241 g/mol. The third kappa shape index (κ3) is 3.77. The molecule has 1 aromatic carbocycles. The zero-order valence-corrected chi connectivity index (χ0v) is 10.7. The van der Waals surface area contributed by atoms with E-state index in [1.807, 2.05) is 18.2 Å². The molecule has 0 fully saturated rings. The van der Waals surface area contributed by atoms with Gasteiger partial charge in [0.2, 0.25) is 0 Å². The first-order valence-electron chi connectivity index (χ1n) is 6.26. The number of aromatic nitrogens is 1. The fraction of sp³-hybridized carbons (Fsp3) is 0.267. The molecular weight excluding hydrogens is 222 g/mol. The highest BCUT2D eigenvalue weighted by molar-refractivity contribution is 5.45. The van der Waals surface area contributed by atoms with Crippen LogP contribution in [-0.4, -0.2) is 25.1 Å². The van der Waals surface area contributed by atoms with Crippen LogP contribution in [0.3, 0.4) is 0 Å². The average Bonchev–Trinajstić information content (AvgIpc) is 2.45. The zero-order chi connectivity index (χ0) is 12.6. The van der Waals surface area contributed by atoms with Crippen molar-refractivity contribution < 1.29 is 0 Å². The Morgan fingerprint density at radius 3 is 2.50 bits per heavy atom. The second-order valence-electron chi connectivity index (χ2n) is 4.27. The minimum Gasteiger partial charge on any atom is -0.385 e. The molecule has 1 N–H and O–H groups in total. The summed E-state index contributed by atoms with van der Waals surface area (Å²) < 4.78 is 0. The second kappa shape index (κ2) is 6.64. The molecule has 2 aromatic rings. The lowest BCUT2D eigenvalue weighted by atomic mass is 10.3. The van der Waals surface area contributed by atoms with Crippen molar-refractivity contribution in [2.45, 2.75) is 6.42 Å². The van der Waals surface area contributed by atoms with Gasteiger partial charge in [0, 0.05) is 43.9 Å². The third-order valence-corrected chi connectivity index (χ3v) is 2.88. The molecule has 1 heterocycles. The lowest BCUT2D eigenvalue weighted by molar-refractivity contribution is 0.816. The molecular formula is C15H19N3. The molecule has 0 aliphatic carbocycles. The van der Waals surface area contributed by atoms with Gasteiger partial charge >= 0.3 is 0 Å². The lowest BCUT2D eigenvalue weighted by Gasteiger charge is -2.19. The van der Waals surface area contributed by atoms with E-state index in [2.05, 4.69) is 46.5 Å². The Bertz CT molecular complexity index is 442. The molecule has 3 heteroatoms. The van der Waals surface area contributed by atoms with Gasteiger partial charge in [-0.05, 0) is 30.7 Å². The first kappa shape index (κ1) is 12.4. The summed E-state index contributed by atoms with van der Waals surface area (Å²) in [5, 5.41) is 3.38. The van der Waals surface area contributed by atoms with Crippen LogP contribution in [0.1, 0.15) is 6.42 Å². The van der Waals surface area contributed by atoms with Crippen LogP contribution >= 0.6 is 0 Å². The van der Waals surface area contributed by atoms with Crippen LogP contribution in [-0.2, 0) is 0 Å². The molecule has 1 aromatic heterocycles. The molecule has 0 spiro atoms. The van der Waals surface area contributed by atoms with Crippen LogP contribution in [0, 0.1) is 0 Å². The molecule has 3 nitrogen and oxygen atoms in total. The van der Waals surface area contributed by atoms with Gasteiger partial charge in [-0.1, -0.05) is 18.2 Å². The van der Waals surface area contributed by atoms with Crippen molar-refractivity contribution in [3.8, 4) is 0 Å². The van der Waals surface area contributed by atoms with Gasteiger partial charge in [0.05, 0.1) is 0 Å². The lowest BCUT2D eigenvalue weighted by Crippen LogP contribution is -2.20. The van der Waals surface area contributed by atoms with Crippen LogP contribution in [0.5, 0.6) is 0 Å². The number of nitrogens with one attached hydrogen (secondary N) is 1. The van der Waals surface area contributed by atoms with Gasteiger partial charge in [-0.15, -0.1) is 0 Å². The Kier molecular flexibility index (Phi) is 4.59. The van der Waals surface area contributed by atoms with E-state index in [0.717, 1.165) is 25.2 Å². The van der Waals surface area contributed by atoms with Gasteiger partial charge in [-0.3, -0.25) is 4.98 Å². The van der Waals surface area contributed by atoms with Crippen LogP contribution in [0.4, 0.5) is 11.4 Å². The Morgan fingerprint density at radius 1 is 1.06 bits per heavy atom. The van der Waals surface area contributed by atoms with Crippen LogP contribution in [0.15, 0.2) is 54.9 Å². The minimum absolute atomic E-state index is 0.973. The van der Waals surface area contributed by atoms with Crippen molar-refractivity contribution in [1.82, 2.24) is 4.98 Å². The second-order valence-corrected chi connectivity index (χ2v) is 4.27. The molecule has 2 rings (SSSR count). The van der Waals surface area contributed by atoms with Crippen LogP contribution < -0.4 is 10.2 Å². The molecule has 0 aliphatic rings. The Labute approximate surface area is 108 Å². The van der Waals surface area contributed by atoms with Gasteiger partial charge in [0.1, 0.15) is 0 Å². The highest BCUT2D eigenvalue weighted by Crippen LogP contribution is 2.11. The SMILES string of the molecule is CN(CCCNc1ccncc1)c1ccccc1. The number of nitrogens with zero attached hydrogens (tertiary/aromatic N) is 2. The molecule has 0 aliphatic heterocycles. The molecule has 0 bridgehead atoms. The summed E-state index contributed by atoms with van der Waals surface area (Å²) in [7, 11) is 2.13. The number of anilines is 2. The number of rotatable bonds is 6. The number of para-hydroxylation sites is 1. The van der Waals surface area contributed by atoms with Crippen molar-refractivity contribution >= 4 is 11.4 Å². The Morgan fingerprint density at radius 2 is 1.78 bits per heavy atom. The van der Waals surface area contributed by atoms with E-state index in [4.69, 9.17) is 0 Å². The van der Waals surface area contributed by atoms with Gasteiger partial charge in [-0.2, -0.15) is 0 Å². The molecule has 0 radical (unpaired) electrons. The van der Waals surface area contributed by atoms with Crippen molar-refractivity contribution in [2.75, 3.05) is 30.4 Å². The van der Waals surface area contributed by atoms with Crippen molar-refractivity contribution in [3.05, 3.63) is 54.9 Å². The van der Waals surface area contributed by atoms with E-state index in [0.29, 0.717) is 0 Å².